The summed E-state index contributed by atoms with van der Waals surface area (Å²) in [6, 6.07) is 0. The number of rotatable bonds is 5. The van der Waals surface area contributed by atoms with Crippen molar-refractivity contribution in [3.8, 4) is 0 Å². The molecule has 2 aliphatic carbocycles. The Bertz CT molecular complexity index is 314. The van der Waals surface area contributed by atoms with Crippen molar-refractivity contribution in [2.24, 2.45) is 11.8 Å². The predicted molar refractivity (Wildman–Crippen MR) is 69.5 cm³/mol. The highest BCUT2D eigenvalue weighted by molar-refractivity contribution is 4.98. The van der Waals surface area contributed by atoms with E-state index in [-0.39, 0.29) is 5.60 Å². The molecule has 2 saturated heterocycles. The second-order valence-electron chi connectivity index (χ2n) is 7.03. The van der Waals surface area contributed by atoms with Gasteiger partial charge >= 0.3 is 0 Å². The number of hydrogen-bond donors (Lipinski definition) is 0. The summed E-state index contributed by atoms with van der Waals surface area (Å²) in [6.07, 6.45) is 8.42. The maximum absolute atomic E-state index is 6.13. The molecule has 4 aliphatic rings. The van der Waals surface area contributed by atoms with Gasteiger partial charge in [-0.1, -0.05) is 0 Å². The summed E-state index contributed by atoms with van der Waals surface area (Å²) in [7, 11) is 0. The van der Waals surface area contributed by atoms with Crippen molar-refractivity contribution in [3.05, 3.63) is 0 Å². The molecule has 4 rings (SSSR count). The Morgan fingerprint density at radius 3 is 2.78 bits per heavy atom. The van der Waals surface area contributed by atoms with Crippen LogP contribution in [0.15, 0.2) is 0 Å². The smallest absolute Gasteiger partial charge is 0.0847 e. The summed E-state index contributed by atoms with van der Waals surface area (Å²) in [6.45, 7) is 5.54. The van der Waals surface area contributed by atoms with Gasteiger partial charge in [-0.2, -0.15) is 0 Å². The van der Waals surface area contributed by atoms with E-state index < -0.39 is 0 Å². The Balaban J connectivity index is 1.26. The lowest BCUT2D eigenvalue weighted by atomic mass is 9.98. The lowest BCUT2D eigenvalue weighted by Crippen LogP contribution is -2.34. The van der Waals surface area contributed by atoms with Gasteiger partial charge in [0.15, 0.2) is 0 Å². The zero-order chi connectivity index (χ0) is 12.0. The van der Waals surface area contributed by atoms with Crippen LogP contribution < -0.4 is 0 Å². The number of ether oxygens (including phenoxy) is 2. The number of nitrogens with zero attached hydrogens (tertiary/aromatic N) is 1. The maximum Gasteiger partial charge on any atom is 0.0847 e. The Hall–Kier alpha value is -0.120. The molecule has 0 aromatic heterocycles. The first-order valence-corrected chi connectivity index (χ1v) is 7.79. The minimum atomic E-state index is 0.156. The minimum Gasteiger partial charge on any atom is -0.375 e. The van der Waals surface area contributed by atoms with Crippen LogP contribution in [0.25, 0.3) is 0 Å². The minimum absolute atomic E-state index is 0.156. The van der Waals surface area contributed by atoms with E-state index in [1.807, 2.05) is 0 Å². The standard InChI is InChI=1S/C15H25NO2/c1-2-12(1)8-16-6-5-15(11-16)7-14(10-18-15)17-9-13-3-4-13/h12-14H,1-11H2. The molecule has 0 aromatic carbocycles. The molecule has 102 valence electrons. The summed E-state index contributed by atoms with van der Waals surface area (Å²) in [4.78, 5) is 2.63. The molecule has 2 unspecified atom stereocenters. The van der Waals surface area contributed by atoms with Crippen LogP contribution >= 0.6 is 0 Å². The van der Waals surface area contributed by atoms with E-state index in [4.69, 9.17) is 9.47 Å². The molecule has 2 saturated carbocycles. The molecule has 3 nitrogen and oxygen atoms in total. The zero-order valence-corrected chi connectivity index (χ0v) is 11.3. The summed E-state index contributed by atoms with van der Waals surface area (Å²) in [5.74, 6) is 1.87. The first-order chi connectivity index (χ1) is 8.81. The molecule has 0 N–H and O–H groups in total. The highest BCUT2D eigenvalue weighted by atomic mass is 16.6. The van der Waals surface area contributed by atoms with Gasteiger partial charge in [-0.3, -0.25) is 0 Å². The van der Waals surface area contributed by atoms with Crippen molar-refractivity contribution in [3.63, 3.8) is 0 Å². The third-order valence-electron chi connectivity index (χ3n) is 5.05. The van der Waals surface area contributed by atoms with Gasteiger partial charge in [0.05, 0.1) is 18.3 Å². The predicted octanol–water partition coefficient (Wildman–Crippen LogP) is 2.06. The molecule has 4 fully saturated rings. The summed E-state index contributed by atoms with van der Waals surface area (Å²) >= 11 is 0. The third kappa shape index (κ3) is 2.59. The third-order valence-corrected chi connectivity index (χ3v) is 5.05. The normalized spacial score (nSPS) is 41.0. The maximum atomic E-state index is 6.13. The molecule has 18 heavy (non-hydrogen) atoms. The summed E-state index contributed by atoms with van der Waals surface area (Å²) < 4.78 is 12.1. The van der Waals surface area contributed by atoms with Crippen LogP contribution in [0.3, 0.4) is 0 Å². The second kappa shape index (κ2) is 4.46. The van der Waals surface area contributed by atoms with Gasteiger partial charge in [0.2, 0.25) is 0 Å². The monoisotopic (exact) mass is 251 g/mol. The van der Waals surface area contributed by atoms with Crippen molar-refractivity contribution in [2.45, 2.75) is 50.2 Å². The van der Waals surface area contributed by atoms with Gasteiger partial charge in [0, 0.05) is 32.7 Å². The highest BCUT2D eigenvalue weighted by Crippen LogP contribution is 2.39. The van der Waals surface area contributed by atoms with Gasteiger partial charge in [-0.05, 0) is 43.9 Å². The SMILES string of the molecule is C1CC1COC1COC2(CCN(CC3CC3)C2)C1. The van der Waals surface area contributed by atoms with Gasteiger partial charge < -0.3 is 14.4 Å². The van der Waals surface area contributed by atoms with E-state index >= 15 is 0 Å². The molecular weight excluding hydrogens is 226 g/mol. The molecule has 0 aromatic rings. The molecular formula is C15H25NO2. The second-order valence-corrected chi connectivity index (χ2v) is 7.03. The average molecular weight is 251 g/mol. The van der Waals surface area contributed by atoms with Crippen molar-refractivity contribution in [2.75, 3.05) is 32.8 Å². The van der Waals surface area contributed by atoms with Gasteiger partial charge in [-0.15, -0.1) is 0 Å². The molecule has 0 bridgehead atoms. The fraction of sp³-hybridized carbons (Fsp3) is 1.00. The molecule has 2 heterocycles. The van der Waals surface area contributed by atoms with Crippen molar-refractivity contribution in [1.29, 1.82) is 0 Å². The van der Waals surface area contributed by atoms with Gasteiger partial charge in [0.1, 0.15) is 0 Å². The number of likely N-dealkylation sites (tertiary alicyclic amines) is 1. The van der Waals surface area contributed by atoms with Crippen LogP contribution in [-0.4, -0.2) is 49.5 Å². The number of hydrogen-bond acceptors (Lipinski definition) is 3. The van der Waals surface area contributed by atoms with Crippen LogP contribution in [0.1, 0.15) is 38.5 Å². The van der Waals surface area contributed by atoms with Crippen LogP contribution in [0.5, 0.6) is 0 Å². The fourth-order valence-corrected chi connectivity index (χ4v) is 3.50. The molecule has 1 spiro atoms. The summed E-state index contributed by atoms with van der Waals surface area (Å²) in [5.41, 5.74) is 0.156. The molecule has 2 aliphatic heterocycles. The first-order valence-electron chi connectivity index (χ1n) is 7.79. The molecule has 0 amide bonds. The Labute approximate surface area is 110 Å². The Morgan fingerprint density at radius 2 is 2.00 bits per heavy atom. The van der Waals surface area contributed by atoms with Crippen LogP contribution in [0, 0.1) is 11.8 Å². The zero-order valence-electron chi connectivity index (χ0n) is 11.3. The average Bonchev–Trinajstić information content (AvgIpc) is 3.27. The van der Waals surface area contributed by atoms with Crippen molar-refractivity contribution < 1.29 is 9.47 Å². The van der Waals surface area contributed by atoms with Crippen LogP contribution in [0.2, 0.25) is 0 Å². The molecule has 2 atom stereocenters. The van der Waals surface area contributed by atoms with Crippen molar-refractivity contribution >= 4 is 0 Å². The topological polar surface area (TPSA) is 21.7 Å². The highest BCUT2D eigenvalue weighted by Gasteiger charge is 2.46. The van der Waals surface area contributed by atoms with Gasteiger partial charge in [0.25, 0.3) is 0 Å². The first kappa shape index (κ1) is 11.7. The van der Waals surface area contributed by atoms with Gasteiger partial charge in [-0.25, -0.2) is 0 Å². The molecule has 3 heteroatoms. The fourth-order valence-electron chi connectivity index (χ4n) is 3.50. The largest absolute Gasteiger partial charge is 0.375 e. The van der Waals surface area contributed by atoms with Crippen molar-refractivity contribution in [1.82, 2.24) is 4.90 Å². The molecule has 0 radical (unpaired) electrons. The van der Waals surface area contributed by atoms with E-state index in [0.717, 1.165) is 38.0 Å². The van der Waals surface area contributed by atoms with Crippen LogP contribution in [0.4, 0.5) is 0 Å². The van der Waals surface area contributed by atoms with E-state index in [9.17, 15) is 0 Å². The Morgan fingerprint density at radius 1 is 1.17 bits per heavy atom. The van der Waals surface area contributed by atoms with E-state index in [0.29, 0.717) is 6.10 Å². The lowest BCUT2D eigenvalue weighted by Gasteiger charge is -2.23. The van der Waals surface area contributed by atoms with E-state index in [2.05, 4.69) is 4.90 Å². The Kier molecular flexibility index (Phi) is 2.90. The van der Waals surface area contributed by atoms with Crippen LogP contribution in [-0.2, 0) is 9.47 Å². The summed E-state index contributed by atoms with van der Waals surface area (Å²) in [5, 5.41) is 0. The van der Waals surface area contributed by atoms with E-state index in [1.165, 1.54) is 45.2 Å². The lowest BCUT2D eigenvalue weighted by molar-refractivity contribution is 0.00105. The quantitative estimate of drug-likeness (QED) is 0.746. The van der Waals surface area contributed by atoms with E-state index in [1.54, 1.807) is 0 Å².